The van der Waals surface area contributed by atoms with E-state index < -0.39 is 0 Å². The zero-order valence-electron chi connectivity index (χ0n) is 21.6. The maximum absolute atomic E-state index is 11.6. The average Bonchev–Trinajstić information content (AvgIpc) is 2.90. The molecular formula is C32H42O3. The third kappa shape index (κ3) is 12.3. The van der Waals surface area contributed by atoms with Crippen molar-refractivity contribution >= 4 is 5.97 Å². The van der Waals surface area contributed by atoms with E-state index in [1.165, 1.54) is 45.6 Å². The molecule has 0 aliphatic carbocycles. The van der Waals surface area contributed by atoms with Crippen molar-refractivity contribution in [2.45, 2.75) is 71.1 Å². The van der Waals surface area contributed by atoms with E-state index in [0.29, 0.717) is 5.56 Å². The van der Waals surface area contributed by atoms with Gasteiger partial charge in [0.2, 0.25) is 0 Å². The normalized spacial score (nSPS) is 11.6. The lowest BCUT2D eigenvalue weighted by atomic mass is 10.0. The fraction of sp³-hybridized carbons (Fsp3) is 0.406. The van der Waals surface area contributed by atoms with Gasteiger partial charge in [0.25, 0.3) is 0 Å². The summed E-state index contributed by atoms with van der Waals surface area (Å²) in [5, 5.41) is 0. The molecule has 0 spiro atoms. The maximum Gasteiger partial charge on any atom is 0.337 e. The van der Waals surface area contributed by atoms with Gasteiger partial charge >= 0.3 is 5.97 Å². The second-order valence-corrected chi connectivity index (χ2v) is 8.67. The summed E-state index contributed by atoms with van der Waals surface area (Å²) < 4.78 is 10.6. The molecule has 0 aliphatic heterocycles. The summed E-state index contributed by atoms with van der Waals surface area (Å²) in [6.07, 6.45) is 25.5. The standard InChI is InChI=1S/C32H42O3/c1-3-4-5-6-7-8-9-10-11-12-13-14-15-16-17-18-27-35-31-25-23-29(24-26-31)28-19-21-30(22-20-28)32(33)34-2/h7-8,10-11,13-14,19-26H,3-6,9,12,15-18,27H2,1-2H3. The summed E-state index contributed by atoms with van der Waals surface area (Å²) in [6.45, 7) is 2.99. The first kappa shape index (κ1) is 28.2. The van der Waals surface area contributed by atoms with Crippen molar-refractivity contribution in [3.8, 4) is 16.9 Å². The number of hydrogen-bond donors (Lipinski definition) is 0. The van der Waals surface area contributed by atoms with Gasteiger partial charge in [0.15, 0.2) is 0 Å². The minimum atomic E-state index is -0.319. The second kappa shape index (κ2) is 18.3. The van der Waals surface area contributed by atoms with Crippen LogP contribution in [0.2, 0.25) is 0 Å². The monoisotopic (exact) mass is 474 g/mol. The molecule has 0 aliphatic rings. The lowest BCUT2D eigenvalue weighted by Gasteiger charge is -2.08. The number of esters is 1. The number of methoxy groups -OCH3 is 1. The van der Waals surface area contributed by atoms with E-state index in [1.807, 2.05) is 36.4 Å². The molecule has 0 amide bonds. The van der Waals surface area contributed by atoms with Crippen molar-refractivity contribution in [1.82, 2.24) is 0 Å². The summed E-state index contributed by atoms with van der Waals surface area (Å²) in [5.74, 6) is 0.572. The van der Waals surface area contributed by atoms with Gasteiger partial charge in [0.05, 0.1) is 19.3 Å². The van der Waals surface area contributed by atoms with E-state index in [-0.39, 0.29) is 5.97 Å². The van der Waals surface area contributed by atoms with Crippen LogP contribution in [0.3, 0.4) is 0 Å². The zero-order valence-corrected chi connectivity index (χ0v) is 21.6. The second-order valence-electron chi connectivity index (χ2n) is 8.67. The van der Waals surface area contributed by atoms with Gasteiger partial charge in [-0.3, -0.25) is 0 Å². The zero-order chi connectivity index (χ0) is 25.0. The average molecular weight is 475 g/mol. The molecule has 0 fully saturated rings. The first-order chi connectivity index (χ1) is 17.2. The van der Waals surface area contributed by atoms with E-state index in [9.17, 15) is 4.79 Å². The number of allylic oxidation sites excluding steroid dienone is 6. The molecule has 0 saturated carbocycles. The smallest absolute Gasteiger partial charge is 0.337 e. The highest BCUT2D eigenvalue weighted by molar-refractivity contribution is 5.89. The fourth-order valence-corrected chi connectivity index (χ4v) is 3.68. The Morgan fingerprint density at radius 2 is 1.23 bits per heavy atom. The van der Waals surface area contributed by atoms with Crippen LogP contribution in [0.25, 0.3) is 11.1 Å². The van der Waals surface area contributed by atoms with E-state index in [0.717, 1.165) is 49.2 Å². The third-order valence-electron chi connectivity index (χ3n) is 5.80. The highest BCUT2D eigenvalue weighted by Crippen LogP contribution is 2.23. The van der Waals surface area contributed by atoms with Crippen LogP contribution in [-0.4, -0.2) is 19.7 Å². The quantitative estimate of drug-likeness (QED) is 0.130. The fourth-order valence-electron chi connectivity index (χ4n) is 3.68. The number of carbonyl (C=O) groups excluding carboxylic acids is 1. The van der Waals surface area contributed by atoms with Crippen LogP contribution in [0, 0.1) is 0 Å². The number of carbonyl (C=O) groups is 1. The van der Waals surface area contributed by atoms with E-state index >= 15 is 0 Å². The molecule has 0 heterocycles. The molecule has 35 heavy (non-hydrogen) atoms. The summed E-state index contributed by atoms with van der Waals surface area (Å²) in [6, 6.07) is 15.5. The third-order valence-corrected chi connectivity index (χ3v) is 5.80. The molecule has 0 atom stereocenters. The van der Waals surface area contributed by atoms with Gasteiger partial charge in [-0.05, 0) is 86.8 Å². The van der Waals surface area contributed by atoms with E-state index in [4.69, 9.17) is 9.47 Å². The molecule has 2 aromatic carbocycles. The van der Waals surface area contributed by atoms with Gasteiger partial charge in [0, 0.05) is 0 Å². The van der Waals surface area contributed by atoms with Gasteiger partial charge in [-0.25, -0.2) is 4.79 Å². The SMILES string of the molecule is CCCCCC=CCC=CCC=CCCCCCOc1ccc(-c2ccc(C(=O)OC)cc2)cc1. The van der Waals surface area contributed by atoms with Crippen LogP contribution in [0.1, 0.15) is 81.5 Å². The molecule has 3 nitrogen and oxygen atoms in total. The predicted octanol–water partition coefficient (Wildman–Crippen LogP) is 9.11. The molecule has 2 aromatic rings. The maximum atomic E-state index is 11.6. The minimum absolute atomic E-state index is 0.319. The molecule has 0 radical (unpaired) electrons. The predicted molar refractivity (Wildman–Crippen MR) is 148 cm³/mol. The van der Waals surface area contributed by atoms with Crippen molar-refractivity contribution in [1.29, 1.82) is 0 Å². The van der Waals surface area contributed by atoms with Crippen LogP contribution in [0.4, 0.5) is 0 Å². The number of benzene rings is 2. The largest absolute Gasteiger partial charge is 0.494 e. The van der Waals surface area contributed by atoms with Gasteiger partial charge in [-0.2, -0.15) is 0 Å². The molecule has 188 valence electrons. The first-order valence-electron chi connectivity index (χ1n) is 13.1. The number of ether oxygens (including phenoxy) is 2. The Labute approximate surface area is 212 Å². The summed E-state index contributed by atoms with van der Waals surface area (Å²) in [4.78, 5) is 11.6. The van der Waals surface area contributed by atoms with Crippen LogP contribution >= 0.6 is 0 Å². The summed E-state index contributed by atoms with van der Waals surface area (Å²) in [5.41, 5.74) is 2.71. The molecule has 2 rings (SSSR count). The molecule has 0 aromatic heterocycles. The first-order valence-corrected chi connectivity index (χ1v) is 13.1. The molecule has 3 heteroatoms. The Kier molecular flexibility index (Phi) is 14.7. The van der Waals surface area contributed by atoms with Crippen LogP contribution in [0.15, 0.2) is 85.0 Å². The topological polar surface area (TPSA) is 35.5 Å². The number of rotatable bonds is 17. The van der Waals surface area contributed by atoms with Gasteiger partial charge in [-0.15, -0.1) is 0 Å². The molecule has 0 unspecified atom stereocenters. The van der Waals surface area contributed by atoms with Crippen LogP contribution < -0.4 is 4.74 Å². The molecular weight excluding hydrogens is 432 g/mol. The minimum Gasteiger partial charge on any atom is -0.494 e. The van der Waals surface area contributed by atoms with Crippen molar-refractivity contribution in [3.63, 3.8) is 0 Å². The number of unbranched alkanes of at least 4 members (excludes halogenated alkanes) is 6. The molecule has 0 N–H and O–H groups in total. The summed E-state index contributed by atoms with van der Waals surface area (Å²) in [7, 11) is 1.39. The van der Waals surface area contributed by atoms with E-state index in [1.54, 1.807) is 12.1 Å². The Morgan fingerprint density at radius 1 is 0.686 bits per heavy atom. The summed E-state index contributed by atoms with van der Waals surface area (Å²) >= 11 is 0. The van der Waals surface area contributed by atoms with Crippen LogP contribution in [0.5, 0.6) is 5.75 Å². The van der Waals surface area contributed by atoms with Gasteiger partial charge in [-0.1, -0.05) is 80.5 Å². The van der Waals surface area contributed by atoms with Crippen molar-refractivity contribution in [2.24, 2.45) is 0 Å². The van der Waals surface area contributed by atoms with Crippen molar-refractivity contribution in [2.75, 3.05) is 13.7 Å². The van der Waals surface area contributed by atoms with Crippen molar-refractivity contribution in [3.05, 3.63) is 90.6 Å². The van der Waals surface area contributed by atoms with Crippen LogP contribution in [-0.2, 0) is 4.74 Å². The number of hydrogen-bond acceptors (Lipinski definition) is 3. The molecule has 0 saturated heterocycles. The highest BCUT2D eigenvalue weighted by Gasteiger charge is 2.05. The highest BCUT2D eigenvalue weighted by atomic mass is 16.5. The van der Waals surface area contributed by atoms with Gasteiger partial charge in [0.1, 0.15) is 5.75 Å². The lowest BCUT2D eigenvalue weighted by molar-refractivity contribution is 0.0600. The lowest BCUT2D eigenvalue weighted by Crippen LogP contribution is -2.00. The molecule has 0 bridgehead atoms. The Hall–Kier alpha value is -3.07. The Bertz CT molecular complexity index is 905. The Morgan fingerprint density at radius 3 is 1.80 bits per heavy atom. The van der Waals surface area contributed by atoms with Gasteiger partial charge < -0.3 is 9.47 Å². The van der Waals surface area contributed by atoms with E-state index in [2.05, 4.69) is 43.4 Å². The Balaban J connectivity index is 1.52. The van der Waals surface area contributed by atoms with Crippen molar-refractivity contribution < 1.29 is 14.3 Å².